The molecule has 1 amide bonds. The number of pyridine rings is 3. The Kier molecular flexibility index (Phi) is 2.98. The highest BCUT2D eigenvalue weighted by molar-refractivity contribution is 5.98. The summed E-state index contributed by atoms with van der Waals surface area (Å²) in [4.78, 5) is 24.0. The molecule has 0 spiro atoms. The molecule has 3 aromatic heterocycles. The van der Waals surface area contributed by atoms with Crippen LogP contribution in [0.5, 0.6) is 0 Å². The molecule has 3 rings (SSSR count). The third kappa shape index (κ3) is 2.27. The summed E-state index contributed by atoms with van der Waals surface area (Å²) in [5.74, 6) is -0.548. The molecule has 0 saturated heterocycles. The number of nitrogen functional groups attached to an aromatic ring is 1. The van der Waals surface area contributed by atoms with Gasteiger partial charge < -0.3 is 11.5 Å². The van der Waals surface area contributed by atoms with Crippen molar-refractivity contribution in [3.05, 3.63) is 47.9 Å². The van der Waals surface area contributed by atoms with Gasteiger partial charge in [-0.3, -0.25) is 14.8 Å². The standard InChI is InChI=1S/C15H13N5O/c1-8-2-3-18-7-10(8)12-5-11(16)14-13(20-12)4-9(6-19-14)15(17)21/h2-7H,1H3,(H2,16,20)(H2,17,21). The fourth-order valence-electron chi connectivity index (χ4n) is 2.14. The van der Waals surface area contributed by atoms with Crippen molar-refractivity contribution < 1.29 is 4.79 Å². The quantitative estimate of drug-likeness (QED) is 0.742. The highest BCUT2D eigenvalue weighted by atomic mass is 16.1. The van der Waals surface area contributed by atoms with Crippen LogP contribution < -0.4 is 11.5 Å². The first-order valence-electron chi connectivity index (χ1n) is 6.33. The largest absolute Gasteiger partial charge is 0.397 e. The average Bonchev–Trinajstić information content (AvgIpc) is 2.47. The van der Waals surface area contributed by atoms with Gasteiger partial charge in [-0.15, -0.1) is 0 Å². The third-order valence-electron chi connectivity index (χ3n) is 3.27. The van der Waals surface area contributed by atoms with Gasteiger partial charge in [0, 0.05) is 24.2 Å². The molecule has 104 valence electrons. The molecule has 3 aromatic rings. The molecule has 0 aliphatic carbocycles. The van der Waals surface area contributed by atoms with Crippen LogP contribution in [0.15, 0.2) is 36.8 Å². The van der Waals surface area contributed by atoms with Gasteiger partial charge >= 0.3 is 0 Å². The Labute approximate surface area is 120 Å². The van der Waals surface area contributed by atoms with E-state index in [-0.39, 0.29) is 0 Å². The lowest BCUT2D eigenvalue weighted by atomic mass is 10.1. The predicted molar refractivity (Wildman–Crippen MR) is 80.4 cm³/mol. The number of rotatable bonds is 2. The fraction of sp³-hybridized carbons (Fsp3) is 0.0667. The number of nitrogens with two attached hydrogens (primary N) is 2. The maximum atomic E-state index is 11.3. The van der Waals surface area contributed by atoms with Crippen molar-refractivity contribution in [2.45, 2.75) is 6.92 Å². The molecule has 0 fully saturated rings. The third-order valence-corrected chi connectivity index (χ3v) is 3.27. The number of fused-ring (bicyclic) bond motifs is 1. The number of amides is 1. The Hall–Kier alpha value is -3.02. The number of anilines is 1. The smallest absolute Gasteiger partial charge is 0.250 e. The molecule has 3 heterocycles. The molecule has 0 unspecified atom stereocenters. The second-order valence-corrected chi connectivity index (χ2v) is 4.74. The highest BCUT2D eigenvalue weighted by Crippen LogP contribution is 2.26. The van der Waals surface area contributed by atoms with E-state index in [0.29, 0.717) is 28.0 Å². The summed E-state index contributed by atoms with van der Waals surface area (Å²) in [6.45, 7) is 1.97. The molecule has 4 N–H and O–H groups in total. The minimum absolute atomic E-state index is 0.300. The number of aromatic nitrogens is 3. The van der Waals surface area contributed by atoms with Crippen LogP contribution in [0.4, 0.5) is 5.69 Å². The van der Waals surface area contributed by atoms with E-state index < -0.39 is 5.91 Å². The van der Waals surface area contributed by atoms with E-state index in [1.54, 1.807) is 24.5 Å². The predicted octanol–water partition coefficient (Wildman–Crippen LogP) is 1.68. The fourth-order valence-corrected chi connectivity index (χ4v) is 2.14. The van der Waals surface area contributed by atoms with Crippen molar-refractivity contribution >= 4 is 22.6 Å². The topological polar surface area (TPSA) is 108 Å². The van der Waals surface area contributed by atoms with E-state index in [1.807, 2.05) is 13.0 Å². The first-order valence-corrected chi connectivity index (χ1v) is 6.33. The molecule has 0 aliphatic rings. The normalized spacial score (nSPS) is 10.7. The second-order valence-electron chi connectivity index (χ2n) is 4.74. The van der Waals surface area contributed by atoms with Gasteiger partial charge in [0.05, 0.1) is 22.5 Å². The Bertz CT molecular complexity index is 860. The summed E-state index contributed by atoms with van der Waals surface area (Å²) < 4.78 is 0. The van der Waals surface area contributed by atoms with Crippen molar-refractivity contribution in [3.8, 4) is 11.3 Å². The van der Waals surface area contributed by atoms with Crippen LogP contribution >= 0.6 is 0 Å². The average molecular weight is 279 g/mol. The van der Waals surface area contributed by atoms with Crippen LogP contribution in [-0.4, -0.2) is 20.9 Å². The number of hydrogen-bond donors (Lipinski definition) is 2. The van der Waals surface area contributed by atoms with E-state index in [4.69, 9.17) is 11.5 Å². The van der Waals surface area contributed by atoms with Crippen molar-refractivity contribution in [2.24, 2.45) is 5.73 Å². The van der Waals surface area contributed by atoms with Crippen LogP contribution in [0.2, 0.25) is 0 Å². The lowest BCUT2D eigenvalue weighted by Gasteiger charge is -2.08. The number of hydrogen-bond acceptors (Lipinski definition) is 5. The second kappa shape index (κ2) is 4.82. The van der Waals surface area contributed by atoms with Crippen molar-refractivity contribution in [1.82, 2.24) is 15.0 Å². The van der Waals surface area contributed by atoms with E-state index in [2.05, 4.69) is 15.0 Å². The molecule has 0 atom stereocenters. The summed E-state index contributed by atoms with van der Waals surface area (Å²) in [7, 11) is 0. The van der Waals surface area contributed by atoms with Gasteiger partial charge in [-0.25, -0.2) is 4.98 Å². The van der Waals surface area contributed by atoms with E-state index >= 15 is 0 Å². The van der Waals surface area contributed by atoms with Crippen molar-refractivity contribution in [3.63, 3.8) is 0 Å². The van der Waals surface area contributed by atoms with Gasteiger partial charge in [-0.2, -0.15) is 0 Å². The van der Waals surface area contributed by atoms with Crippen molar-refractivity contribution in [1.29, 1.82) is 0 Å². The van der Waals surface area contributed by atoms with Gasteiger partial charge in [0.2, 0.25) is 5.91 Å². The summed E-state index contributed by atoms with van der Waals surface area (Å²) in [5.41, 5.74) is 15.8. The molecule has 6 heteroatoms. The molecule has 0 aromatic carbocycles. The van der Waals surface area contributed by atoms with Gasteiger partial charge in [0.1, 0.15) is 5.52 Å². The molecular formula is C15H13N5O. The van der Waals surface area contributed by atoms with Crippen LogP contribution in [0.25, 0.3) is 22.3 Å². The van der Waals surface area contributed by atoms with Gasteiger partial charge in [0.15, 0.2) is 0 Å². The van der Waals surface area contributed by atoms with E-state index in [9.17, 15) is 4.79 Å². The van der Waals surface area contributed by atoms with E-state index in [0.717, 1.165) is 11.1 Å². The summed E-state index contributed by atoms with van der Waals surface area (Å²) in [6.07, 6.45) is 4.85. The van der Waals surface area contributed by atoms with Crippen molar-refractivity contribution in [2.75, 3.05) is 5.73 Å². The van der Waals surface area contributed by atoms with Crippen LogP contribution in [-0.2, 0) is 0 Å². The summed E-state index contributed by atoms with van der Waals surface area (Å²) >= 11 is 0. The molecule has 0 bridgehead atoms. The molecule has 0 radical (unpaired) electrons. The molecule has 6 nitrogen and oxygen atoms in total. The van der Waals surface area contributed by atoms with Gasteiger partial charge in [0.25, 0.3) is 0 Å². The molecule has 21 heavy (non-hydrogen) atoms. The zero-order valence-corrected chi connectivity index (χ0v) is 11.4. The summed E-state index contributed by atoms with van der Waals surface area (Å²) in [6, 6.07) is 5.25. The maximum Gasteiger partial charge on any atom is 0.250 e. The zero-order chi connectivity index (χ0) is 15.0. The first kappa shape index (κ1) is 13.0. The Balaban J connectivity index is 2.26. The van der Waals surface area contributed by atoms with E-state index in [1.165, 1.54) is 6.20 Å². The van der Waals surface area contributed by atoms with Gasteiger partial charge in [-0.05, 0) is 30.7 Å². The Morgan fingerprint density at radius 2 is 2.05 bits per heavy atom. The van der Waals surface area contributed by atoms with Gasteiger partial charge in [-0.1, -0.05) is 0 Å². The van der Waals surface area contributed by atoms with Crippen LogP contribution in [0, 0.1) is 6.92 Å². The number of aryl methyl sites for hydroxylation is 1. The number of carbonyl (C=O) groups excluding carboxylic acids is 1. The van der Waals surface area contributed by atoms with Crippen LogP contribution in [0.3, 0.4) is 0 Å². The zero-order valence-electron chi connectivity index (χ0n) is 11.4. The number of nitrogens with zero attached hydrogens (tertiary/aromatic N) is 3. The number of carbonyl (C=O) groups is 1. The van der Waals surface area contributed by atoms with Crippen LogP contribution in [0.1, 0.15) is 15.9 Å². The highest BCUT2D eigenvalue weighted by Gasteiger charge is 2.11. The number of primary amides is 1. The Morgan fingerprint density at radius 1 is 1.24 bits per heavy atom. The minimum atomic E-state index is -0.548. The molecule has 0 aliphatic heterocycles. The monoisotopic (exact) mass is 279 g/mol. The summed E-state index contributed by atoms with van der Waals surface area (Å²) in [5, 5.41) is 0. The first-order chi connectivity index (χ1) is 10.1. The maximum absolute atomic E-state index is 11.3. The molecular weight excluding hydrogens is 266 g/mol. The SMILES string of the molecule is Cc1ccncc1-c1cc(N)c2ncc(C(N)=O)cc2n1. The lowest BCUT2D eigenvalue weighted by molar-refractivity contribution is 0.1000. The lowest BCUT2D eigenvalue weighted by Crippen LogP contribution is -2.11. The Morgan fingerprint density at radius 3 is 2.76 bits per heavy atom. The molecule has 0 saturated carbocycles. The minimum Gasteiger partial charge on any atom is -0.397 e.